The molecular formula is C15H20FN3O4. The molecule has 7 nitrogen and oxygen atoms in total. The highest BCUT2D eigenvalue weighted by atomic mass is 19.1. The molecule has 0 aliphatic heterocycles. The number of carbonyl (C=O) groups excluding carboxylic acids is 1. The number of nitro benzene ring substituents is 1. The number of non-ortho nitro benzene ring substituents is 1. The number of benzene rings is 1. The lowest BCUT2D eigenvalue weighted by Crippen LogP contribution is -2.33. The molecular weight excluding hydrogens is 305 g/mol. The fourth-order valence-corrected chi connectivity index (χ4v) is 2.55. The number of hydrogen-bond acceptors (Lipinski definition) is 5. The summed E-state index contributed by atoms with van der Waals surface area (Å²) in [6.07, 6.45) is -0.202. The van der Waals surface area contributed by atoms with Crippen LogP contribution in [0.5, 0.6) is 0 Å². The first-order chi connectivity index (χ1) is 10.5. The lowest BCUT2D eigenvalue weighted by molar-refractivity contribution is -0.385. The number of nitro groups is 1. The van der Waals surface area contributed by atoms with Gasteiger partial charge in [-0.1, -0.05) is 6.92 Å². The van der Waals surface area contributed by atoms with Gasteiger partial charge in [-0.15, -0.1) is 0 Å². The largest absolute Gasteiger partial charge is 0.444 e. The van der Waals surface area contributed by atoms with Gasteiger partial charge in [-0.3, -0.25) is 10.1 Å². The first-order valence-corrected chi connectivity index (χ1v) is 7.02. The summed E-state index contributed by atoms with van der Waals surface area (Å²) >= 11 is 0. The van der Waals surface area contributed by atoms with E-state index in [2.05, 4.69) is 0 Å². The van der Waals surface area contributed by atoms with Crippen LogP contribution in [0.3, 0.4) is 0 Å². The molecule has 0 fully saturated rings. The normalized spacial score (nSPS) is 12.5. The number of nitrogens with zero attached hydrogens (tertiary/aromatic N) is 1. The molecule has 0 unspecified atom stereocenters. The van der Waals surface area contributed by atoms with Gasteiger partial charge in [-0.2, -0.15) is 0 Å². The third-order valence-corrected chi connectivity index (χ3v) is 3.26. The zero-order chi connectivity index (χ0) is 17.8. The van der Waals surface area contributed by atoms with E-state index in [4.69, 9.17) is 15.9 Å². The van der Waals surface area contributed by atoms with Crippen molar-refractivity contribution in [1.82, 2.24) is 0 Å². The molecule has 0 aliphatic rings. The summed E-state index contributed by atoms with van der Waals surface area (Å²) in [7, 11) is 0. The molecule has 126 valence electrons. The number of halogens is 1. The Morgan fingerprint density at radius 2 is 2.13 bits per heavy atom. The van der Waals surface area contributed by atoms with Gasteiger partial charge in [0, 0.05) is 17.3 Å². The molecule has 0 bridgehead atoms. The molecule has 3 N–H and O–H groups in total. The Bertz CT molecular complexity index is 631. The topological polar surface area (TPSA) is 119 Å². The van der Waals surface area contributed by atoms with E-state index >= 15 is 0 Å². The lowest BCUT2D eigenvalue weighted by Gasteiger charge is -2.27. The standard InChI is InChI=1S/C15H20FN3O4/c1-9(8-15(2,3)23-14(18)20)6-13(17)11-5-4-10(19(21)22)7-12(11)16/h4-5,7,9,17H,6,8H2,1-3H3,(H2,18,20)/t9-/m1/s1. The molecule has 1 aromatic carbocycles. The van der Waals surface area contributed by atoms with Gasteiger partial charge in [0.05, 0.1) is 11.0 Å². The van der Waals surface area contributed by atoms with Crippen molar-refractivity contribution in [3.05, 3.63) is 39.7 Å². The number of primary amides is 1. The van der Waals surface area contributed by atoms with Crippen molar-refractivity contribution in [1.29, 1.82) is 5.41 Å². The monoisotopic (exact) mass is 325 g/mol. The van der Waals surface area contributed by atoms with Crippen LogP contribution in [0, 0.1) is 27.3 Å². The van der Waals surface area contributed by atoms with Crippen LogP contribution in [0.15, 0.2) is 18.2 Å². The van der Waals surface area contributed by atoms with E-state index in [1.54, 1.807) is 13.8 Å². The Hall–Kier alpha value is -2.51. The second kappa shape index (κ2) is 7.17. The molecule has 1 atom stereocenters. The fraction of sp³-hybridized carbons (Fsp3) is 0.467. The van der Waals surface area contributed by atoms with Crippen LogP contribution >= 0.6 is 0 Å². The summed E-state index contributed by atoms with van der Waals surface area (Å²) < 4.78 is 18.9. The summed E-state index contributed by atoms with van der Waals surface area (Å²) in [6, 6.07) is 3.19. The van der Waals surface area contributed by atoms with Gasteiger partial charge in [0.15, 0.2) is 0 Å². The molecule has 0 saturated carbocycles. The van der Waals surface area contributed by atoms with Gasteiger partial charge in [-0.25, -0.2) is 9.18 Å². The van der Waals surface area contributed by atoms with E-state index < -0.39 is 22.4 Å². The average molecular weight is 325 g/mol. The van der Waals surface area contributed by atoms with E-state index in [0.717, 1.165) is 12.1 Å². The molecule has 1 rings (SSSR count). The van der Waals surface area contributed by atoms with E-state index in [9.17, 15) is 19.3 Å². The SMILES string of the molecule is C[C@H](CC(=N)c1ccc([N+](=O)[O-])cc1F)CC(C)(C)OC(N)=O. The Labute approximate surface area is 133 Å². The molecule has 1 aromatic rings. The van der Waals surface area contributed by atoms with E-state index in [-0.39, 0.29) is 29.3 Å². The fourth-order valence-electron chi connectivity index (χ4n) is 2.55. The second-order valence-electron chi connectivity index (χ2n) is 6.09. The maximum absolute atomic E-state index is 13.9. The maximum atomic E-state index is 13.9. The summed E-state index contributed by atoms with van der Waals surface area (Å²) in [5.41, 5.74) is 3.90. The average Bonchev–Trinajstić information content (AvgIpc) is 2.35. The molecule has 0 spiro atoms. The zero-order valence-corrected chi connectivity index (χ0v) is 13.3. The predicted octanol–water partition coefficient (Wildman–Crippen LogP) is 3.39. The third kappa shape index (κ3) is 5.65. The van der Waals surface area contributed by atoms with E-state index in [1.165, 1.54) is 6.07 Å². The van der Waals surface area contributed by atoms with Crippen molar-refractivity contribution in [2.45, 2.75) is 39.2 Å². The van der Waals surface area contributed by atoms with Crippen molar-refractivity contribution >= 4 is 17.5 Å². The molecule has 0 saturated heterocycles. The predicted molar refractivity (Wildman–Crippen MR) is 83.0 cm³/mol. The molecule has 0 aromatic heterocycles. The van der Waals surface area contributed by atoms with Crippen molar-refractivity contribution in [3.8, 4) is 0 Å². The van der Waals surface area contributed by atoms with Crippen LogP contribution in [0.2, 0.25) is 0 Å². The van der Waals surface area contributed by atoms with Gasteiger partial charge in [-0.05, 0) is 38.7 Å². The van der Waals surface area contributed by atoms with Gasteiger partial charge in [0.2, 0.25) is 0 Å². The number of hydrogen-bond donors (Lipinski definition) is 2. The molecule has 0 aliphatic carbocycles. The molecule has 0 radical (unpaired) electrons. The van der Waals surface area contributed by atoms with Gasteiger partial charge < -0.3 is 15.9 Å². The van der Waals surface area contributed by atoms with Crippen molar-refractivity contribution in [2.75, 3.05) is 0 Å². The Balaban J connectivity index is 2.76. The Morgan fingerprint density at radius 1 is 1.52 bits per heavy atom. The number of amides is 1. The van der Waals surface area contributed by atoms with Crippen LogP contribution in [0.1, 0.15) is 39.2 Å². The summed E-state index contributed by atoms with van der Waals surface area (Å²) in [5, 5.41) is 18.6. The zero-order valence-electron chi connectivity index (χ0n) is 13.3. The minimum atomic E-state index is -0.876. The highest BCUT2D eigenvalue weighted by molar-refractivity contribution is 5.98. The molecule has 23 heavy (non-hydrogen) atoms. The van der Waals surface area contributed by atoms with Crippen LogP contribution in [-0.2, 0) is 4.74 Å². The van der Waals surface area contributed by atoms with Crippen LogP contribution in [0.25, 0.3) is 0 Å². The van der Waals surface area contributed by atoms with Crippen molar-refractivity contribution in [2.24, 2.45) is 11.7 Å². The minimum absolute atomic E-state index is 0.0241. The maximum Gasteiger partial charge on any atom is 0.405 e. The molecule has 8 heteroatoms. The van der Waals surface area contributed by atoms with Crippen molar-refractivity contribution in [3.63, 3.8) is 0 Å². The highest BCUT2D eigenvalue weighted by Gasteiger charge is 2.26. The van der Waals surface area contributed by atoms with Gasteiger partial charge in [0.25, 0.3) is 5.69 Å². The summed E-state index contributed by atoms with van der Waals surface area (Å²) in [5.74, 6) is -0.879. The van der Waals surface area contributed by atoms with Gasteiger partial charge in [0.1, 0.15) is 11.4 Å². The van der Waals surface area contributed by atoms with Crippen molar-refractivity contribution < 1.29 is 18.8 Å². The lowest BCUT2D eigenvalue weighted by atomic mass is 9.89. The Morgan fingerprint density at radius 3 is 2.61 bits per heavy atom. The first-order valence-electron chi connectivity index (χ1n) is 7.02. The summed E-state index contributed by atoms with van der Waals surface area (Å²) in [4.78, 5) is 20.7. The quantitative estimate of drug-likeness (QED) is 0.453. The van der Waals surface area contributed by atoms with E-state index in [0.29, 0.717) is 6.42 Å². The number of ether oxygens (including phenoxy) is 1. The summed E-state index contributed by atoms with van der Waals surface area (Å²) in [6.45, 7) is 5.23. The molecule has 0 heterocycles. The molecule has 1 amide bonds. The third-order valence-electron chi connectivity index (χ3n) is 3.26. The second-order valence-corrected chi connectivity index (χ2v) is 6.09. The highest BCUT2D eigenvalue weighted by Crippen LogP contribution is 2.25. The Kier molecular flexibility index (Phi) is 5.78. The van der Waals surface area contributed by atoms with Crippen LogP contribution < -0.4 is 5.73 Å². The number of nitrogens with one attached hydrogen (secondary N) is 1. The first kappa shape index (κ1) is 18.5. The smallest absolute Gasteiger partial charge is 0.405 e. The number of rotatable bonds is 7. The minimum Gasteiger partial charge on any atom is -0.444 e. The number of carbonyl (C=O) groups is 1. The van der Waals surface area contributed by atoms with Crippen LogP contribution in [0.4, 0.5) is 14.9 Å². The number of nitrogens with two attached hydrogens (primary N) is 1. The van der Waals surface area contributed by atoms with E-state index in [1.807, 2.05) is 6.92 Å². The van der Waals surface area contributed by atoms with Crippen LogP contribution in [-0.4, -0.2) is 22.3 Å². The van der Waals surface area contributed by atoms with Gasteiger partial charge >= 0.3 is 6.09 Å².